The zero-order chi connectivity index (χ0) is 20.4. The van der Waals surface area contributed by atoms with Crippen molar-refractivity contribution in [3.63, 3.8) is 0 Å². The number of aromatic nitrogens is 1. The molecule has 2 aromatic carbocycles. The minimum absolute atomic E-state index is 0.245. The lowest BCUT2D eigenvalue weighted by Crippen LogP contribution is -2.39. The van der Waals surface area contributed by atoms with Gasteiger partial charge in [-0.3, -0.25) is 0 Å². The lowest BCUT2D eigenvalue weighted by Gasteiger charge is -2.31. The van der Waals surface area contributed by atoms with E-state index in [0.717, 1.165) is 17.2 Å². The van der Waals surface area contributed by atoms with E-state index >= 15 is 0 Å². The molecule has 1 saturated heterocycles. The Morgan fingerprint density at radius 3 is 2.48 bits per heavy atom. The van der Waals surface area contributed by atoms with Crippen LogP contribution in [0.25, 0.3) is 0 Å². The van der Waals surface area contributed by atoms with Crippen molar-refractivity contribution in [2.45, 2.75) is 36.3 Å². The van der Waals surface area contributed by atoms with Crippen LogP contribution in [0.1, 0.15) is 29.7 Å². The number of nitrogens with zero attached hydrogens (tertiary/aromatic N) is 2. The van der Waals surface area contributed by atoms with Crippen LogP contribution in [-0.2, 0) is 16.3 Å². The van der Waals surface area contributed by atoms with Crippen molar-refractivity contribution in [2.24, 2.45) is 0 Å². The zero-order valence-corrected chi connectivity index (χ0v) is 18.6. The molecule has 0 amide bonds. The Morgan fingerprint density at radius 2 is 1.79 bits per heavy atom. The Morgan fingerprint density at radius 1 is 1.10 bits per heavy atom. The average molecular weight is 447 g/mol. The number of sulfone groups is 1. The molecule has 7 heteroatoms. The molecule has 0 radical (unpaired) electrons. The quantitative estimate of drug-likeness (QED) is 0.544. The van der Waals surface area contributed by atoms with Gasteiger partial charge in [0, 0.05) is 24.9 Å². The molecule has 0 spiro atoms. The molecular weight excluding hydrogens is 424 g/mol. The fourth-order valence-corrected chi connectivity index (χ4v) is 6.79. The molecule has 152 valence electrons. The molecule has 0 saturated carbocycles. The Labute approximate surface area is 181 Å². The van der Waals surface area contributed by atoms with Gasteiger partial charge in [0.2, 0.25) is 0 Å². The minimum Gasteiger partial charge on any atom is -0.348 e. The lowest BCUT2D eigenvalue weighted by atomic mass is 10.1. The predicted molar refractivity (Wildman–Crippen MR) is 120 cm³/mol. The van der Waals surface area contributed by atoms with Crippen molar-refractivity contribution in [2.75, 3.05) is 18.0 Å². The fraction of sp³-hybridized carbons (Fsp3) is 0.318. The maximum absolute atomic E-state index is 13.0. The lowest BCUT2D eigenvalue weighted by molar-refractivity contribution is 0.529. The first-order valence-electron chi connectivity index (χ1n) is 9.67. The van der Waals surface area contributed by atoms with Gasteiger partial charge in [-0.25, -0.2) is 13.4 Å². The third-order valence-electron chi connectivity index (χ3n) is 5.34. The molecule has 1 aliphatic heterocycles. The van der Waals surface area contributed by atoms with Gasteiger partial charge in [-0.2, -0.15) is 0 Å². The molecule has 0 unspecified atom stereocenters. The smallest absolute Gasteiger partial charge is 0.185 e. The van der Waals surface area contributed by atoms with Crippen molar-refractivity contribution in [1.82, 2.24) is 4.98 Å². The van der Waals surface area contributed by atoms with Crippen LogP contribution in [0.5, 0.6) is 0 Å². The normalized spacial score (nSPS) is 15.6. The summed E-state index contributed by atoms with van der Waals surface area (Å²) in [6.45, 7) is 3.46. The average Bonchev–Trinajstić information content (AvgIpc) is 3.18. The highest BCUT2D eigenvalue weighted by atomic mass is 35.5. The van der Waals surface area contributed by atoms with E-state index < -0.39 is 15.1 Å². The standard InChI is InChI=1S/C22H23ClN2O2S2/c1-16-6-8-17(9-7-16)14-18-15-28-22(24-18)25-12-10-19(11-13-25)29(26,27)21-5-3-2-4-20(21)23/h2-9,15,19H,10-14H2,1H3. The molecule has 3 aromatic rings. The largest absolute Gasteiger partial charge is 0.348 e. The summed E-state index contributed by atoms with van der Waals surface area (Å²) in [6, 6.07) is 15.2. The summed E-state index contributed by atoms with van der Waals surface area (Å²) in [5.74, 6) is 0. The van der Waals surface area contributed by atoms with Gasteiger partial charge in [0.15, 0.2) is 15.0 Å². The van der Waals surface area contributed by atoms with Crippen LogP contribution in [0.3, 0.4) is 0 Å². The number of anilines is 1. The van der Waals surface area contributed by atoms with Crippen molar-refractivity contribution in [3.05, 3.63) is 75.8 Å². The van der Waals surface area contributed by atoms with Gasteiger partial charge >= 0.3 is 0 Å². The van der Waals surface area contributed by atoms with Gasteiger partial charge in [0.25, 0.3) is 0 Å². The second kappa shape index (κ2) is 8.46. The van der Waals surface area contributed by atoms with E-state index in [1.54, 1.807) is 35.6 Å². The van der Waals surface area contributed by atoms with Gasteiger partial charge in [0.05, 0.1) is 20.9 Å². The molecule has 4 nitrogen and oxygen atoms in total. The van der Waals surface area contributed by atoms with E-state index in [2.05, 4.69) is 41.5 Å². The highest BCUT2D eigenvalue weighted by Gasteiger charge is 2.33. The summed E-state index contributed by atoms with van der Waals surface area (Å²) in [6.07, 6.45) is 1.98. The Kier molecular flexibility index (Phi) is 5.95. The van der Waals surface area contributed by atoms with E-state index in [1.165, 1.54) is 11.1 Å². The van der Waals surface area contributed by atoms with Crippen LogP contribution in [0.4, 0.5) is 5.13 Å². The van der Waals surface area contributed by atoms with Crippen LogP contribution in [-0.4, -0.2) is 31.7 Å². The molecule has 1 aromatic heterocycles. The van der Waals surface area contributed by atoms with Gasteiger partial charge in [-0.15, -0.1) is 11.3 Å². The Hall–Kier alpha value is -1.89. The third kappa shape index (κ3) is 4.49. The van der Waals surface area contributed by atoms with Crippen molar-refractivity contribution >= 4 is 37.9 Å². The van der Waals surface area contributed by atoms with E-state index in [-0.39, 0.29) is 4.90 Å². The number of benzene rings is 2. The molecule has 29 heavy (non-hydrogen) atoms. The van der Waals surface area contributed by atoms with Crippen LogP contribution < -0.4 is 4.90 Å². The van der Waals surface area contributed by atoms with Gasteiger partial charge < -0.3 is 4.90 Å². The zero-order valence-electron chi connectivity index (χ0n) is 16.2. The highest BCUT2D eigenvalue weighted by molar-refractivity contribution is 7.92. The molecule has 1 fully saturated rings. The Balaban J connectivity index is 1.40. The van der Waals surface area contributed by atoms with Crippen LogP contribution in [0.2, 0.25) is 5.02 Å². The third-order valence-corrected chi connectivity index (χ3v) is 9.05. The van der Waals surface area contributed by atoms with Gasteiger partial charge in [0.1, 0.15) is 0 Å². The first-order valence-corrected chi connectivity index (χ1v) is 12.5. The maximum Gasteiger partial charge on any atom is 0.185 e. The number of hydrogen-bond acceptors (Lipinski definition) is 5. The summed E-state index contributed by atoms with van der Waals surface area (Å²) >= 11 is 7.76. The Bertz CT molecular complexity index is 1090. The predicted octanol–water partition coefficient (Wildman–Crippen LogP) is 5.14. The van der Waals surface area contributed by atoms with E-state index in [1.807, 2.05) is 0 Å². The highest BCUT2D eigenvalue weighted by Crippen LogP contribution is 2.32. The molecule has 1 aliphatic rings. The number of thiazole rings is 1. The molecule has 0 atom stereocenters. The molecule has 0 bridgehead atoms. The summed E-state index contributed by atoms with van der Waals surface area (Å²) in [5.41, 5.74) is 3.55. The van der Waals surface area contributed by atoms with Crippen LogP contribution in [0.15, 0.2) is 58.8 Å². The number of halogens is 1. The topological polar surface area (TPSA) is 50.3 Å². The second-order valence-electron chi connectivity index (χ2n) is 7.45. The van der Waals surface area contributed by atoms with E-state index in [9.17, 15) is 8.42 Å². The first kappa shape index (κ1) is 20.4. The molecular formula is C22H23ClN2O2S2. The number of piperidine rings is 1. The summed E-state index contributed by atoms with van der Waals surface area (Å²) in [5, 5.41) is 2.98. The van der Waals surface area contributed by atoms with Gasteiger partial charge in [-0.1, -0.05) is 53.6 Å². The van der Waals surface area contributed by atoms with Crippen molar-refractivity contribution < 1.29 is 8.42 Å². The van der Waals surface area contributed by atoms with Gasteiger partial charge in [-0.05, 0) is 37.5 Å². The molecule has 0 aliphatic carbocycles. The van der Waals surface area contributed by atoms with Crippen LogP contribution in [0, 0.1) is 6.92 Å². The molecule has 4 rings (SSSR count). The summed E-state index contributed by atoms with van der Waals surface area (Å²) in [7, 11) is -3.41. The summed E-state index contributed by atoms with van der Waals surface area (Å²) in [4.78, 5) is 7.23. The van der Waals surface area contributed by atoms with Crippen molar-refractivity contribution in [3.8, 4) is 0 Å². The fourth-order valence-electron chi connectivity index (χ4n) is 3.65. The molecule has 2 heterocycles. The monoisotopic (exact) mass is 446 g/mol. The molecule has 0 N–H and O–H groups in total. The minimum atomic E-state index is -3.41. The number of aryl methyl sites for hydroxylation is 1. The first-order chi connectivity index (χ1) is 13.9. The number of rotatable bonds is 5. The number of hydrogen-bond donors (Lipinski definition) is 0. The van der Waals surface area contributed by atoms with Crippen molar-refractivity contribution in [1.29, 1.82) is 0 Å². The maximum atomic E-state index is 13.0. The van der Waals surface area contributed by atoms with E-state index in [0.29, 0.717) is 31.0 Å². The van der Waals surface area contributed by atoms with E-state index in [4.69, 9.17) is 16.6 Å². The van der Waals surface area contributed by atoms with Crippen LogP contribution >= 0.6 is 22.9 Å². The summed E-state index contributed by atoms with van der Waals surface area (Å²) < 4.78 is 25.9. The SMILES string of the molecule is Cc1ccc(Cc2csc(N3CCC(S(=O)(=O)c4ccccc4Cl)CC3)n2)cc1. The second-order valence-corrected chi connectivity index (χ2v) is 10.9.